The molecular formula is C17H20BrFN2. The molecule has 0 spiro atoms. The van der Waals surface area contributed by atoms with Gasteiger partial charge in [-0.05, 0) is 59.1 Å². The molecular weight excluding hydrogens is 331 g/mol. The van der Waals surface area contributed by atoms with Crippen LogP contribution in [-0.2, 0) is 13.1 Å². The fourth-order valence-corrected chi connectivity index (χ4v) is 2.56. The molecule has 2 rings (SSSR count). The third kappa shape index (κ3) is 4.29. The summed E-state index contributed by atoms with van der Waals surface area (Å²) in [6, 6.07) is 13.4. The van der Waals surface area contributed by atoms with Gasteiger partial charge in [-0.15, -0.1) is 0 Å². The topological polar surface area (TPSA) is 29.3 Å². The summed E-state index contributed by atoms with van der Waals surface area (Å²) in [6.07, 6.45) is 0. The van der Waals surface area contributed by atoms with Gasteiger partial charge in [-0.3, -0.25) is 4.90 Å². The first-order valence-corrected chi connectivity index (χ1v) is 7.78. The van der Waals surface area contributed by atoms with Gasteiger partial charge in [0.2, 0.25) is 0 Å². The minimum Gasteiger partial charge on any atom is -0.399 e. The maximum atomic E-state index is 13.6. The number of nitrogens with zero attached hydrogens (tertiary/aromatic N) is 1. The molecule has 0 aliphatic rings. The number of hydrogen-bond acceptors (Lipinski definition) is 2. The van der Waals surface area contributed by atoms with Crippen LogP contribution in [-0.4, -0.2) is 10.9 Å². The fraction of sp³-hybridized carbons (Fsp3) is 0.294. The monoisotopic (exact) mass is 350 g/mol. The van der Waals surface area contributed by atoms with E-state index in [0.717, 1.165) is 17.8 Å². The van der Waals surface area contributed by atoms with Gasteiger partial charge in [0.25, 0.3) is 0 Å². The van der Waals surface area contributed by atoms with Crippen LogP contribution in [0.2, 0.25) is 0 Å². The highest BCUT2D eigenvalue weighted by molar-refractivity contribution is 9.10. The van der Waals surface area contributed by atoms with Crippen molar-refractivity contribution in [3.05, 3.63) is 63.9 Å². The smallest absolute Gasteiger partial charge is 0.137 e. The summed E-state index contributed by atoms with van der Waals surface area (Å²) in [5.74, 6) is -0.219. The van der Waals surface area contributed by atoms with Gasteiger partial charge in [-0.2, -0.15) is 0 Å². The summed E-state index contributed by atoms with van der Waals surface area (Å²) in [7, 11) is 0. The Morgan fingerprint density at radius 2 is 1.76 bits per heavy atom. The van der Waals surface area contributed by atoms with Crippen LogP contribution in [0.15, 0.2) is 46.9 Å². The SMILES string of the molecule is CC(C)N(Cc1ccc(N)cc1)Cc1cccc(F)c1Br. The van der Waals surface area contributed by atoms with Crippen LogP contribution in [0.25, 0.3) is 0 Å². The second-order valence-corrected chi connectivity index (χ2v) is 6.25. The van der Waals surface area contributed by atoms with Crippen LogP contribution in [0, 0.1) is 5.82 Å². The van der Waals surface area contributed by atoms with Crippen LogP contribution in [0.5, 0.6) is 0 Å². The average Bonchev–Trinajstić information content (AvgIpc) is 2.45. The van der Waals surface area contributed by atoms with Gasteiger partial charge in [0.05, 0.1) is 4.47 Å². The molecule has 2 aromatic rings. The summed E-state index contributed by atoms with van der Waals surface area (Å²) < 4.78 is 14.2. The molecule has 0 fully saturated rings. The number of halogens is 2. The van der Waals surface area contributed by atoms with E-state index in [1.165, 1.54) is 11.6 Å². The van der Waals surface area contributed by atoms with Crippen LogP contribution < -0.4 is 5.73 Å². The average molecular weight is 351 g/mol. The fourth-order valence-electron chi connectivity index (χ4n) is 2.17. The lowest BCUT2D eigenvalue weighted by Gasteiger charge is -2.27. The molecule has 0 radical (unpaired) electrons. The van der Waals surface area contributed by atoms with E-state index in [9.17, 15) is 4.39 Å². The highest BCUT2D eigenvalue weighted by atomic mass is 79.9. The molecule has 2 nitrogen and oxygen atoms in total. The van der Waals surface area contributed by atoms with E-state index in [0.29, 0.717) is 17.1 Å². The third-order valence-corrected chi connectivity index (χ3v) is 4.39. The molecule has 0 aromatic heterocycles. The van der Waals surface area contributed by atoms with Crippen molar-refractivity contribution in [2.75, 3.05) is 5.73 Å². The first-order chi connectivity index (χ1) is 9.97. The zero-order valence-corrected chi connectivity index (χ0v) is 13.9. The molecule has 2 N–H and O–H groups in total. The van der Waals surface area contributed by atoms with Gasteiger partial charge in [-0.25, -0.2) is 4.39 Å². The zero-order valence-electron chi connectivity index (χ0n) is 12.3. The van der Waals surface area contributed by atoms with E-state index >= 15 is 0 Å². The maximum absolute atomic E-state index is 13.6. The van der Waals surface area contributed by atoms with Crippen LogP contribution in [0.4, 0.5) is 10.1 Å². The molecule has 0 saturated heterocycles. The van der Waals surface area contributed by atoms with Crippen molar-refractivity contribution in [1.29, 1.82) is 0 Å². The first kappa shape index (κ1) is 16.0. The Morgan fingerprint density at radius 3 is 2.38 bits per heavy atom. The lowest BCUT2D eigenvalue weighted by molar-refractivity contribution is 0.203. The van der Waals surface area contributed by atoms with E-state index < -0.39 is 0 Å². The number of nitrogens with two attached hydrogens (primary N) is 1. The zero-order chi connectivity index (χ0) is 15.4. The molecule has 0 atom stereocenters. The van der Waals surface area contributed by atoms with Crippen LogP contribution in [0.3, 0.4) is 0 Å². The van der Waals surface area contributed by atoms with E-state index in [4.69, 9.17) is 5.73 Å². The third-order valence-electron chi connectivity index (χ3n) is 3.50. The summed E-state index contributed by atoms with van der Waals surface area (Å²) in [6.45, 7) is 5.79. The normalized spacial score (nSPS) is 11.3. The Hall–Kier alpha value is -1.39. The molecule has 0 aliphatic heterocycles. The molecule has 21 heavy (non-hydrogen) atoms. The van der Waals surface area contributed by atoms with Crippen molar-refractivity contribution in [2.45, 2.75) is 33.0 Å². The van der Waals surface area contributed by atoms with Crippen molar-refractivity contribution >= 4 is 21.6 Å². The predicted molar refractivity (Wildman–Crippen MR) is 89.3 cm³/mol. The minimum atomic E-state index is -0.219. The molecule has 112 valence electrons. The molecule has 0 heterocycles. The first-order valence-electron chi connectivity index (χ1n) is 6.98. The Labute approximate surface area is 133 Å². The van der Waals surface area contributed by atoms with Gasteiger partial charge in [-0.1, -0.05) is 24.3 Å². The number of anilines is 1. The Kier molecular flexibility index (Phi) is 5.37. The molecule has 4 heteroatoms. The second kappa shape index (κ2) is 7.05. The molecule has 0 saturated carbocycles. The van der Waals surface area contributed by atoms with E-state index in [1.807, 2.05) is 30.3 Å². The highest BCUT2D eigenvalue weighted by Gasteiger charge is 2.14. The van der Waals surface area contributed by atoms with E-state index in [1.54, 1.807) is 6.07 Å². The molecule has 0 bridgehead atoms. The lowest BCUT2D eigenvalue weighted by Crippen LogP contribution is -2.30. The Bertz CT molecular complexity index is 596. The number of nitrogen functional groups attached to an aromatic ring is 1. The second-order valence-electron chi connectivity index (χ2n) is 5.45. The molecule has 0 aliphatic carbocycles. The number of benzene rings is 2. The van der Waals surface area contributed by atoms with Gasteiger partial charge < -0.3 is 5.73 Å². The van der Waals surface area contributed by atoms with Crippen molar-refractivity contribution < 1.29 is 4.39 Å². The summed E-state index contributed by atoms with van der Waals surface area (Å²) in [4.78, 5) is 2.30. The summed E-state index contributed by atoms with van der Waals surface area (Å²) >= 11 is 3.33. The number of hydrogen-bond donors (Lipinski definition) is 1. The van der Waals surface area contributed by atoms with Crippen molar-refractivity contribution in [1.82, 2.24) is 4.90 Å². The van der Waals surface area contributed by atoms with Crippen LogP contribution >= 0.6 is 15.9 Å². The van der Waals surface area contributed by atoms with Crippen molar-refractivity contribution in [3.63, 3.8) is 0 Å². The van der Waals surface area contributed by atoms with Crippen LogP contribution in [0.1, 0.15) is 25.0 Å². The minimum absolute atomic E-state index is 0.219. The quantitative estimate of drug-likeness (QED) is 0.799. The largest absolute Gasteiger partial charge is 0.399 e. The number of rotatable bonds is 5. The lowest BCUT2D eigenvalue weighted by atomic mass is 10.1. The van der Waals surface area contributed by atoms with E-state index in [2.05, 4.69) is 34.7 Å². The molecule has 0 unspecified atom stereocenters. The summed E-state index contributed by atoms with van der Waals surface area (Å²) in [5.41, 5.74) is 8.64. The molecule has 2 aromatic carbocycles. The molecule has 0 amide bonds. The van der Waals surface area contributed by atoms with Gasteiger partial charge in [0.15, 0.2) is 0 Å². The Balaban J connectivity index is 2.16. The predicted octanol–water partition coefficient (Wildman–Crippen LogP) is 4.58. The van der Waals surface area contributed by atoms with E-state index in [-0.39, 0.29) is 5.82 Å². The summed E-state index contributed by atoms with van der Waals surface area (Å²) in [5, 5.41) is 0. The highest BCUT2D eigenvalue weighted by Crippen LogP contribution is 2.23. The maximum Gasteiger partial charge on any atom is 0.137 e. The van der Waals surface area contributed by atoms with Gasteiger partial charge in [0, 0.05) is 24.8 Å². The van der Waals surface area contributed by atoms with Gasteiger partial charge in [0.1, 0.15) is 5.82 Å². The van der Waals surface area contributed by atoms with Gasteiger partial charge >= 0.3 is 0 Å². The van der Waals surface area contributed by atoms with Crippen molar-refractivity contribution in [3.8, 4) is 0 Å². The van der Waals surface area contributed by atoms with Crippen molar-refractivity contribution in [2.24, 2.45) is 0 Å². The Morgan fingerprint density at radius 1 is 1.10 bits per heavy atom. The standard InChI is InChI=1S/C17H20BrFN2/c1-12(2)21(10-13-6-8-15(20)9-7-13)11-14-4-3-5-16(19)17(14)18/h3-9,12H,10-11,20H2,1-2H3.